The van der Waals surface area contributed by atoms with Crippen LogP contribution in [0.2, 0.25) is 0 Å². The molecule has 0 unspecified atom stereocenters. The lowest BCUT2D eigenvalue weighted by molar-refractivity contribution is 1.29. The Balaban J connectivity index is 0.000000155. The summed E-state index contributed by atoms with van der Waals surface area (Å²) in [7, 11) is 0. The number of benzene rings is 14. The molecule has 0 bridgehead atoms. The lowest BCUT2D eigenvalue weighted by atomic mass is 9.96. The number of hydrogen-bond acceptors (Lipinski definition) is 8. The standard InChI is InChI=1S/2C54H36N4/c1-2-10-52-51(9-1)57-53(47-31-23-43(24-32-47)39-15-11-37(12-16-39)41-19-27-45(28-20-41)49-7-3-5-35-55-49)54(58-52)48-33-25-44(26-34-48)40-17-13-38(14-18-40)42-21-29-46(30-22-42)50-8-4-6-36-56-50;1-2-8-52-51(7-1)57-53(47-29-25-43(26-30-47)39-13-9-37(10-14-39)41-17-21-45(22-18-41)49-5-3-33-55-35-49)54(58-52)48-31-27-44(28-32-48)40-15-11-38(12-16-40)42-19-23-46(24-20-42)50-6-4-34-56-36-50/h2*1-36H. The van der Waals surface area contributed by atoms with Gasteiger partial charge in [0.05, 0.1) is 56.2 Å². The van der Waals surface area contributed by atoms with Gasteiger partial charge in [-0.15, -0.1) is 0 Å². The molecule has 116 heavy (non-hydrogen) atoms. The van der Waals surface area contributed by atoms with E-state index < -0.39 is 0 Å². The first-order valence-corrected chi connectivity index (χ1v) is 38.9. The molecule has 6 heterocycles. The Bertz CT molecular complexity index is 5930. The smallest absolute Gasteiger partial charge is 0.0973 e. The van der Waals surface area contributed by atoms with Crippen LogP contribution in [-0.2, 0) is 0 Å². The Morgan fingerprint density at radius 3 is 0.466 bits per heavy atom. The van der Waals surface area contributed by atoms with Crippen LogP contribution in [0.15, 0.2) is 438 Å². The maximum Gasteiger partial charge on any atom is 0.0973 e. The molecule has 0 atom stereocenters. The summed E-state index contributed by atoms with van der Waals surface area (Å²) in [5.74, 6) is 0. The van der Waals surface area contributed by atoms with Crippen molar-refractivity contribution in [2.24, 2.45) is 0 Å². The Labute approximate surface area is 674 Å². The molecule has 0 spiro atoms. The summed E-state index contributed by atoms with van der Waals surface area (Å²) in [5, 5.41) is 0. The normalized spacial score (nSPS) is 11.1. The molecular weight excluding hydrogens is 1410 g/mol. The summed E-state index contributed by atoms with van der Waals surface area (Å²) in [6.45, 7) is 0. The van der Waals surface area contributed by atoms with Crippen molar-refractivity contribution in [3.05, 3.63) is 438 Å². The largest absolute Gasteiger partial charge is 0.264 e. The summed E-state index contributed by atoms with van der Waals surface area (Å²) in [6, 6.07) is 140. The third-order valence-corrected chi connectivity index (χ3v) is 21.4. The van der Waals surface area contributed by atoms with Gasteiger partial charge in [-0.3, -0.25) is 19.9 Å². The molecule has 0 fully saturated rings. The molecule has 0 saturated carbocycles. The first-order valence-electron chi connectivity index (χ1n) is 38.9. The van der Waals surface area contributed by atoms with E-state index in [0.29, 0.717) is 0 Å². The Morgan fingerprint density at radius 2 is 0.293 bits per heavy atom. The Morgan fingerprint density at radius 1 is 0.121 bits per heavy atom. The van der Waals surface area contributed by atoms with Gasteiger partial charge in [-0.25, -0.2) is 19.9 Å². The zero-order valence-corrected chi connectivity index (χ0v) is 63.1. The van der Waals surface area contributed by atoms with Crippen LogP contribution in [0.1, 0.15) is 0 Å². The van der Waals surface area contributed by atoms with Gasteiger partial charge in [-0.1, -0.05) is 340 Å². The number of rotatable bonds is 16. The number of para-hydroxylation sites is 4. The van der Waals surface area contributed by atoms with Crippen molar-refractivity contribution in [2.45, 2.75) is 0 Å². The van der Waals surface area contributed by atoms with Crippen molar-refractivity contribution in [3.8, 4) is 179 Å². The topological polar surface area (TPSA) is 103 Å². The van der Waals surface area contributed by atoms with E-state index in [1.165, 1.54) is 44.5 Å². The van der Waals surface area contributed by atoms with Gasteiger partial charge in [-0.2, -0.15) is 0 Å². The van der Waals surface area contributed by atoms with Gasteiger partial charge < -0.3 is 0 Å². The highest BCUT2D eigenvalue weighted by atomic mass is 14.8. The predicted octanol–water partition coefficient (Wildman–Crippen LogP) is 27.5. The molecule has 14 aromatic carbocycles. The van der Waals surface area contributed by atoms with E-state index in [-0.39, 0.29) is 0 Å². The minimum Gasteiger partial charge on any atom is -0.264 e. The van der Waals surface area contributed by atoms with E-state index in [1.807, 2.05) is 122 Å². The fraction of sp³-hybridized carbons (Fsp3) is 0. The molecule has 8 heteroatoms. The number of aromatic nitrogens is 8. The van der Waals surface area contributed by atoms with Gasteiger partial charge in [0, 0.05) is 70.6 Å². The van der Waals surface area contributed by atoms with Crippen molar-refractivity contribution in [1.29, 1.82) is 0 Å². The maximum absolute atomic E-state index is 5.17. The van der Waals surface area contributed by atoms with E-state index in [4.69, 9.17) is 19.9 Å². The lowest BCUT2D eigenvalue weighted by Gasteiger charge is -2.12. The Kier molecular flexibility index (Phi) is 19.7. The molecule has 20 rings (SSSR count). The molecule has 0 amide bonds. The summed E-state index contributed by atoms with van der Waals surface area (Å²) in [4.78, 5) is 38.1. The molecule has 6 aromatic heterocycles. The highest BCUT2D eigenvalue weighted by Gasteiger charge is 2.18. The van der Waals surface area contributed by atoms with Crippen molar-refractivity contribution in [2.75, 3.05) is 0 Å². The van der Waals surface area contributed by atoms with E-state index in [0.717, 1.165) is 156 Å². The second-order valence-electron chi connectivity index (χ2n) is 28.7. The van der Waals surface area contributed by atoms with E-state index in [2.05, 4.69) is 323 Å². The second-order valence-corrected chi connectivity index (χ2v) is 28.7. The first-order chi connectivity index (χ1) is 57.4. The quantitative estimate of drug-likeness (QED) is 0.0943. The molecule has 20 aromatic rings. The lowest BCUT2D eigenvalue weighted by Crippen LogP contribution is -1.95. The number of fused-ring (bicyclic) bond motifs is 2. The number of nitrogens with zero attached hydrogens (tertiary/aromatic N) is 8. The average Bonchev–Trinajstić information content (AvgIpc) is 0.779. The molecular formula is C108H72N8. The molecule has 8 nitrogen and oxygen atoms in total. The minimum absolute atomic E-state index is 0.862. The van der Waals surface area contributed by atoms with Crippen molar-refractivity contribution < 1.29 is 0 Å². The summed E-state index contributed by atoms with van der Waals surface area (Å²) < 4.78 is 0. The van der Waals surface area contributed by atoms with Crippen molar-refractivity contribution in [3.63, 3.8) is 0 Å². The van der Waals surface area contributed by atoms with Crippen LogP contribution in [-0.4, -0.2) is 39.9 Å². The molecule has 0 N–H and O–H groups in total. The predicted molar refractivity (Wildman–Crippen MR) is 477 cm³/mol. The highest BCUT2D eigenvalue weighted by molar-refractivity contribution is 5.90. The molecule has 544 valence electrons. The summed E-state index contributed by atoms with van der Waals surface area (Å²) >= 11 is 0. The zero-order valence-electron chi connectivity index (χ0n) is 63.1. The monoisotopic (exact) mass is 1480 g/mol. The molecule has 0 aliphatic rings. The highest BCUT2D eigenvalue weighted by Crippen LogP contribution is 2.39. The van der Waals surface area contributed by atoms with Crippen LogP contribution >= 0.6 is 0 Å². The van der Waals surface area contributed by atoms with Gasteiger partial charge in [0.25, 0.3) is 0 Å². The maximum atomic E-state index is 5.17. The Hall–Kier alpha value is -15.6. The molecule has 0 radical (unpaired) electrons. The third-order valence-electron chi connectivity index (χ3n) is 21.4. The molecule has 0 saturated heterocycles. The average molecular weight is 1480 g/mol. The number of pyridine rings is 4. The zero-order chi connectivity index (χ0) is 77.4. The minimum atomic E-state index is 0.862. The van der Waals surface area contributed by atoms with Crippen LogP contribution in [0.5, 0.6) is 0 Å². The van der Waals surface area contributed by atoms with Crippen LogP contribution in [0.25, 0.3) is 201 Å². The fourth-order valence-electron chi connectivity index (χ4n) is 15.0. The van der Waals surface area contributed by atoms with Crippen molar-refractivity contribution in [1.82, 2.24) is 39.9 Å². The third kappa shape index (κ3) is 15.4. The van der Waals surface area contributed by atoms with Gasteiger partial charge in [0.1, 0.15) is 0 Å². The van der Waals surface area contributed by atoms with Gasteiger partial charge in [0.15, 0.2) is 0 Å². The van der Waals surface area contributed by atoms with Crippen LogP contribution in [0.4, 0.5) is 0 Å². The summed E-state index contributed by atoms with van der Waals surface area (Å²) in [6.07, 6.45) is 11.0. The van der Waals surface area contributed by atoms with Crippen molar-refractivity contribution >= 4 is 22.1 Å². The van der Waals surface area contributed by atoms with Crippen LogP contribution in [0.3, 0.4) is 0 Å². The van der Waals surface area contributed by atoms with Gasteiger partial charge in [-0.05, 0) is 172 Å². The first kappa shape index (κ1) is 70.7. The number of hydrogen-bond donors (Lipinski definition) is 0. The van der Waals surface area contributed by atoms with E-state index >= 15 is 0 Å². The summed E-state index contributed by atoms with van der Waals surface area (Å²) in [5.41, 5.74) is 38.4. The second kappa shape index (κ2) is 32.4. The van der Waals surface area contributed by atoms with Gasteiger partial charge >= 0.3 is 0 Å². The van der Waals surface area contributed by atoms with Gasteiger partial charge in [0.2, 0.25) is 0 Å². The van der Waals surface area contributed by atoms with E-state index in [1.54, 1.807) is 12.4 Å². The molecule has 0 aliphatic carbocycles. The van der Waals surface area contributed by atoms with E-state index in [9.17, 15) is 0 Å². The SMILES string of the molecule is c1ccc(-c2ccc(-c3ccc(-c4ccc(-c5nc6ccccc6nc5-c5ccc(-c6ccc(-c7ccc(-c8ccccn8)cc7)cc6)cc5)cc4)cc3)cc2)nc1.c1cncc(-c2ccc(-c3ccc(-c4ccc(-c5nc6ccccc6nc5-c5ccc(-c6ccc(-c7ccc(-c8cccnc8)cc7)cc6)cc5)cc4)cc3)cc2)c1. The fourth-order valence-corrected chi connectivity index (χ4v) is 15.0. The van der Waals surface area contributed by atoms with Crippen LogP contribution < -0.4 is 0 Å². The molecule has 0 aliphatic heterocycles. The van der Waals surface area contributed by atoms with Crippen LogP contribution in [0, 0.1) is 0 Å².